The number of halogens is 3. The van der Waals surface area contributed by atoms with E-state index in [0.29, 0.717) is 23.5 Å². The largest absolute Gasteiger partial charge is 0.506 e. The van der Waals surface area contributed by atoms with Crippen molar-refractivity contribution in [3.63, 3.8) is 0 Å². The van der Waals surface area contributed by atoms with Gasteiger partial charge in [-0.15, -0.1) is 0 Å². The fourth-order valence-electron chi connectivity index (χ4n) is 4.06. The van der Waals surface area contributed by atoms with Gasteiger partial charge in [0.05, 0.1) is 17.4 Å². The summed E-state index contributed by atoms with van der Waals surface area (Å²) in [5.41, 5.74) is 3.28. The SMILES string of the molecule is COC1CC(C)=C(/C=C/C(C)=C/C=C/C(C)=C/C(=O)Nc2ccc(C(F)(F)F)cc2O)C(C)C1C. The Kier molecular flexibility index (Phi) is 9.72. The van der Waals surface area contributed by atoms with Crippen molar-refractivity contribution in [1.82, 2.24) is 0 Å². The van der Waals surface area contributed by atoms with Crippen molar-refractivity contribution in [3.8, 4) is 5.75 Å². The minimum atomic E-state index is -4.57. The number of hydrogen-bond donors (Lipinski definition) is 2. The van der Waals surface area contributed by atoms with Crippen LogP contribution in [0.25, 0.3) is 0 Å². The molecule has 7 heteroatoms. The van der Waals surface area contributed by atoms with Crippen molar-refractivity contribution in [2.75, 3.05) is 12.4 Å². The molecule has 3 atom stereocenters. The van der Waals surface area contributed by atoms with Gasteiger partial charge in [-0.25, -0.2) is 0 Å². The maximum Gasteiger partial charge on any atom is 0.416 e. The van der Waals surface area contributed by atoms with Crippen molar-refractivity contribution in [1.29, 1.82) is 0 Å². The molecule has 0 aliphatic heterocycles. The summed E-state index contributed by atoms with van der Waals surface area (Å²) in [6, 6.07) is 2.40. The summed E-state index contributed by atoms with van der Waals surface area (Å²) in [6.45, 7) is 10.3. The number of benzene rings is 1. The van der Waals surface area contributed by atoms with E-state index in [2.05, 4.69) is 38.2 Å². The number of hydrogen-bond acceptors (Lipinski definition) is 3. The molecule has 0 spiro atoms. The van der Waals surface area contributed by atoms with Crippen molar-refractivity contribution in [2.24, 2.45) is 11.8 Å². The van der Waals surface area contributed by atoms with Gasteiger partial charge in [0.15, 0.2) is 0 Å². The molecule has 0 bridgehead atoms. The molecule has 2 N–H and O–H groups in total. The maximum absolute atomic E-state index is 12.7. The number of phenols is 1. The molecule has 0 saturated heterocycles. The number of aromatic hydroxyl groups is 1. The molecular weight excluding hydrogens is 455 g/mol. The van der Waals surface area contributed by atoms with Crippen molar-refractivity contribution < 1.29 is 27.8 Å². The maximum atomic E-state index is 12.7. The van der Waals surface area contributed by atoms with Gasteiger partial charge in [-0.3, -0.25) is 4.79 Å². The highest BCUT2D eigenvalue weighted by Gasteiger charge is 2.31. The molecule has 0 radical (unpaired) electrons. The summed E-state index contributed by atoms with van der Waals surface area (Å²) in [6.07, 6.45) is 7.64. The molecule has 0 heterocycles. The first-order valence-electron chi connectivity index (χ1n) is 11.5. The normalized spacial score (nSPS) is 22.4. The van der Waals surface area contributed by atoms with E-state index in [1.807, 2.05) is 19.1 Å². The van der Waals surface area contributed by atoms with Crippen LogP contribution in [0.4, 0.5) is 18.9 Å². The molecule has 2 rings (SSSR count). The Morgan fingerprint density at radius 3 is 2.46 bits per heavy atom. The second kappa shape index (κ2) is 12.1. The molecule has 1 aliphatic rings. The molecule has 0 aromatic heterocycles. The first-order chi connectivity index (χ1) is 16.3. The third-order valence-corrected chi connectivity index (χ3v) is 6.35. The topological polar surface area (TPSA) is 58.6 Å². The van der Waals surface area contributed by atoms with Crippen LogP contribution in [-0.2, 0) is 15.7 Å². The van der Waals surface area contributed by atoms with E-state index in [-0.39, 0.29) is 11.8 Å². The number of amides is 1. The fourth-order valence-corrected chi connectivity index (χ4v) is 4.06. The van der Waals surface area contributed by atoms with E-state index in [1.165, 1.54) is 17.2 Å². The fraction of sp³-hybridized carbons (Fsp3) is 0.393. The average molecular weight is 490 g/mol. The van der Waals surface area contributed by atoms with Gasteiger partial charge < -0.3 is 15.2 Å². The molecule has 3 unspecified atom stereocenters. The van der Waals surface area contributed by atoms with E-state index in [1.54, 1.807) is 20.1 Å². The van der Waals surface area contributed by atoms with Crippen molar-refractivity contribution in [3.05, 3.63) is 82.5 Å². The zero-order valence-corrected chi connectivity index (χ0v) is 21.0. The lowest BCUT2D eigenvalue weighted by Gasteiger charge is -2.35. The first-order valence-corrected chi connectivity index (χ1v) is 11.5. The van der Waals surface area contributed by atoms with Crippen LogP contribution in [0, 0.1) is 11.8 Å². The highest BCUT2D eigenvalue weighted by molar-refractivity contribution is 6.00. The Hall–Kier alpha value is -3.06. The van der Waals surface area contributed by atoms with Crippen LogP contribution >= 0.6 is 0 Å². The van der Waals surface area contributed by atoms with Crippen LogP contribution in [-0.4, -0.2) is 24.2 Å². The number of phenolic OH excluding ortho intramolecular Hbond substituents is 1. The number of carbonyl (C=O) groups excluding carboxylic acids is 1. The quantitative estimate of drug-likeness (QED) is 0.239. The Morgan fingerprint density at radius 1 is 1.17 bits per heavy atom. The zero-order chi connectivity index (χ0) is 26.3. The second-order valence-electron chi connectivity index (χ2n) is 9.07. The number of rotatable bonds is 7. The van der Waals surface area contributed by atoms with Gasteiger partial charge in [0.1, 0.15) is 5.75 Å². The predicted octanol–water partition coefficient (Wildman–Crippen LogP) is 7.36. The number of alkyl halides is 3. The van der Waals surface area contributed by atoms with Crippen LogP contribution < -0.4 is 5.32 Å². The van der Waals surface area contributed by atoms with E-state index < -0.39 is 23.4 Å². The van der Waals surface area contributed by atoms with Gasteiger partial charge in [0.2, 0.25) is 5.91 Å². The summed E-state index contributed by atoms with van der Waals surface area (Å²) in [7, 11) is 1.76. The molecule has 190 valence electrons. The van der Waals surface area contributed by atoms with E-state index >= 15 is 0 Å². The lowest BCUT2D eigenvalue weighted by atomic mass is 9.75. The average Bonchev–Trinajstić information content (AvgIpc) is 2.76. The Labute approximate surface area is 205 Å². The minimum Gasteiger partial charge on any atom is -0.506 e. The molecule has 0 saturated carbocycles. The number of carbonyl (C=O) groups is 1. The monoisotopic (exact) mass is 489 g/mol. The van der Waals surface area contributed by atoms with Gasteiger partial charge in [0.25, 0.3) is 0 Å². The molecular formula is C28H34F3NO3. The number of allylic oxidation sites excluding steroid dienone is 8. The number of methoxy groups -OCH3 is 1. The Morgan fingerprint density at radius 2 is 1.86 bits per heavy atom. The van der Waals surface area contributed by atoms with Crippen LogP contribution in [0.3, 0.4) is 0 Å². The lowest BCUT2D eigenvalue weighted by molar-refractivity contribution is -0.137. The van der Waals surface area contributed by atoms with Crippen molar-refractivity contribution >= 4 is 11.6 Å². The lowest BCUT2D eigenvalue weighted by Crippen LogP contribution is -2.31. The molecule has 0 fully saturated rings. The summed E-state index contributed by atoms with van der Waals surface area (Å²) in [5.74, 6) is -0.359. The number of anilines is 1. The summed E-state index contributed by atoms with van der Waals surface area (Å²) >= 11 is 0. The van der Waals surface area contributed by atoms with E-state index in [9.17, 15) is 23.1 Å². The first kappa shape index (κ1) is 28.2. The summed E-state index contributed by atoms with van der Waals surface area (Å²) in [4.78, 5) is 12.2. The third kappa shape index (κ3) is 7.99. The Balaban J connectivity index is 2.00. The van der Waals surface area contributed by atoms with E-state index in [0.717, 1.165) is 24.1 Å². The standard InChI is InChI=1S/C28H34F3NO3/c1-17(10-12-23-19(3)15-26(35-6)21(5)20(23)4)8-7-9-18(2)14-27(34)32-24-13-11-22(16-25(24)33)28(29,30)31/h7-14,16,20-21,26,33H,15H2,1-6H3,(H,32,34)/b9-7+,12-10+,17-8+,18-14+. The van der Waals surface area contributed by atoms with Crippen LogP contribution in [0.5, 0.6) is 5.75 Å². The minimum absolute atomic E-state index is 0.0930. The van der Waals surface area contributed by atoms with Crippen molar-refractivity contribution in [2.45, 2.75) is 53.3 Å². The Bertz CT molecular complexity index is 1080. The zero-order valence-electron chi connectivity index (χ0n) is 21.0. The molecule has 1 aromatic carbocycles. The van der Waals surface area contributed by atoms with Crippen LogP contribution in [0.1, 0.15) is 46.6 Å². The highest BCUT2D eigenvalue weighted by Crippen LogP contribution is 2.37. The number of ether oxygens (including phenoxy) is 1. The number of nitrogens with one attached hydrogen (secondary N) is 1. The van der Waals surface area contributed by atoms with Gasteiger partial charge in [-0.05, 0) is 68.4 Å². The van der Waals surface area contributed by atoms with Gasteiger partial charge in [-0.2, -0.15) is 13.2 Å². The highest BCUT2D eigenvalue weighted by atomic mass is 19.4. The van der Waals surface area contributed by atoms with Crippen LogP contribution in [0.15, 0.2) is 76.9 Å². The molecule has 35 heavy (non-hydrogen) atoms. The predicted molar refractivity (Wildman–Crippen MR) is 134 cm³/mol. The van der Waals surface area contributed by atoms with Gasteiger partial charge in [-0.1, -0.05) is 55.4 Å². The second-order valence-corrected chi connectivity index (χ2v) is 9.07. The van der Waals surface area contributed by atoms with Gasteiger partial charge >= 0.3 is 6.18 Å². The third-order valence-electron chi connectivity index (χ3n) is 6.35. The van der Waals surface area contributed by atoms with Crippen LogP contribution in [0.2, 0.25) is 0 Å². The molecule has 1 aliphatic carbocycles. The molecule has 1 amide bonds. The smallest absolute Gasteiger partial charge is 0.416 e. The van der Waals surface area contributed by atoms with Gasteiger partial charge in [0, 0.05) is 13.2 Å². The molecule has 1 aromatic rings. The summed E-state index contributed by atoms with van der Waals surface area (Å²) in [5, 5.41) is 12.2. The molecule has 4 nitrogen and oxygen atoms in total. The van der Waals surface area contributed by atoms with E-state index in [4.69, 9.17) is 4.74 Å². The summed E-state index contributed by atoms with van der Waals surface area (Å²) < 4.78 is 43.7.